The van der Waals surface area contributed by atoms with Gasteiger partial charge in [-0.05, 0) is 0 Å². The number of amidine groups is 1. The summed E-state index contributed by atoms with van der Waals surface area (Å²) in [7, 11) is 2.53. The van der Waals surface area contributed by atoms with Crippen molar-refractivity contribution in [1.82, 2.24) is 19.8 Å². The van der Waals surface area contributed by atoms with Gasteiger partial charge in [0.25, 0.3) is 5.95 Å². The van der Waals surface area contributed by atoms with E-state index in [1.54, 1.807) is 6.08 Å². The Morgan fingerprint density at radius 1 is 1.06 bits per heavy atom. The van der Waals surface area contributed by atoms with Crippen molar-refractivity contribution in [3.05, 3.63) is 47.4 Å². The second kappa shape index (κ2) is 13.0. The van der Waals surface area contributed by atoms with E-state index in [0.29, 0.717) is 18.8 Å². The molecule has 1 saturated heterocycles. The van der Waals surface area contributed by atoms with Gasteiger partial charge in [0.15, 0.2) is 28.9 Å². The molecule has 0 saturated carbocycles. The first-order valence-corrected chi connectivity index (χ1v) is 11.2. The van der Waals surface area contributed by atoms with Crippen molar-refractivity contribution in [2.75, 3.05) is 60.1 Å². The van der Waals surface area contributed by atoms with Crippen LogP contribution in [0.3, 0.4) is 0 Å². The molecular weight excluding hydrogens is 476 g/mol. The van der Waals surface area contributed by atoms with Crippen molar-refractivity contribution in [2.24, 2.45) is 16.5 Å². The van der Waals surface area contributed by atoms with Crippen molar-refractivity contribution in [1.29, 1.82) is 0 Å². The second-order valence-corrected chi connectivity index (χ2v) is 7.99. The number of aliphatic hydroxyl groups is 1. The number of aromatic nitrogens is 2. The van der Waals surface area contributed by atoms with Gasteiger partial charge in [-0.3, -0.25) is 9.80 Å². The zero-order chi connectivity index (χ0) is 26.1. The van der Waals surface area contributed by atoms with Crippen LogP contribution in [0.2, 0.25) is 0 Å². The lowest BCUT2D eigenvalue weighted by atomic mass is 10.1. The molecule has 0 atom stereocenters. The fourth-order valence-corrected chi connectivity index (χ4v) is 3.61. The molecular formula is C23H31F2N7O4. The van der Waals surface area contributed by atoms with Crippen LogP contribution in [0, 0.1) is 11.6 Å². The summed E-state index contributed by atoms with van der Waals surface area (Å²) < 4.78 is 44.2. The van der Waals surface area contributed by atoms with Gasteiger partial charge in [0.1, 0.15) is 12.4 Å². The molecule has 0 spiro atoms. The minimum Gasteiger partial charge on any atom is -0.494 e. The lowest BCUT2D eigenvalue weighted by Crippen LogP contribution is -2.48. The van der Waals surface area contributed by atoms with Gasteiger partial charge in [0.05, 0.1) is 38.8 Å². The molecule has 196 valence electrons. The van der Waals surface area contributed by atoms with Gasteiger partial charge >= 0.3 is 0 Å². The molecule has 0 aliphatic carbocycles. The Kier molecular flexibility index (Phi) is 9.73. The average Bonchev–Trinajstić information content (AvgIpc) is 2.86. The number of aliphatic imine (C=N–C) groups is 1. The molecule has 1 fully saturated rings. The highest BCUT2D eigenvalue weighted by Gasteiger charge is 2.21. The molecule has 2 aromatic rings. The van der Waals surface area contributed by atoms with E-state index in [9.17, 15) is 8.78 Å². The summed E-state index contributed by atoms with van der Waals surface area (Å²) in [5.74, 6) is -1.73. The normalized spacial score (nSPS) is 15.7. The Morgan fingerprint density at radius 2 is 1.64 bits per heavy atom. The molecule has 5 N–H and O–H groups in total. The number of β-amino-alcohol motifs (C(OH)–C–C–N with tert-alkyl or cyclic N) is 1. The van der Waals surface area contributed by atoms with Crippen molar-refractivity contribution in [3.8, 4) is 17.2 Å². The number of nitrogens with two attached hydrogens (primary N) is 2. The third kappa shape index (κ3) is 7.23. The molecule has 0 amide bonds. The predicted molar refractivity (Wildman–Crippen MR) is 129 cm³/mol. The number of halogens is 2. The molecule has 0 unspecified atom stereocenters. The van der Waals surface area contributed by atoms with Gasteiger partial charge in [-0.15, -0.1) is 0 Å². The highest BCUT2D eigenvalue weighted by molar-refractivity contribution is 5.93. The fraction of sp³-hybridized carbons (Fsp3) is 0.435. The van der Waals surface area contributed by atoms with Gasteiger partial charge in [-0.2, -0.15) is 4.99 Å². The number of ether oxygens (including phenoxy) is 3. The summed E-state index contributed by atoms with van der Waals surface area (Å²) in [5, 5.41) is 9.03. The number of piperazine rings is 1. The summed E-state index contributed by atoms with van der Waals surface area (Å²) in [6.45, 7) is 4.34. The van der Waals surface area contributed by atoms with Gasteiger partial charge in [-0.1, -0.05) is 0 Å². The summed E-state index contributed by atoms with van der Waals surface area (Å²) in [6, 6.07) is 1.12. The van der Waals surface area contributed by atoms with Gasteiger partial charge in [0.2, 0.25) is 0 Å². The number of aliphatic hydroxyl groups excluding tert-OH is 1. The highest BCUT2D eigenvalue weighted by atomic mass is 19.1. The topological polar surface area (TPSA) is 145 Å². The molecule has 1 aromatic carbocycles. The van der Waals surface area contributed by atoms with Crippen LogP contribution in [0.25, 0.3) is 0 Å². The van der Waals surface area contributed by atoms with Gasteiger partial charge < -0.3 is 30.8 Å². The van der Waals surface area contributed by atoms with Crippen molar-refractivity contribution >= 4 is 11.8 Å². The number of nitrogens with zero attached hydrogens (tertiary/aromatic N) is 5. The molecule has 1 aromatic heterocycles. The monoisotopic (exact) mass is 507 g/mol. The van der Waals surface area contributed by atoms with E-state index in [4.69, 9.17) is 30.8 Å². The van der Waals surface area contributed by atoms with Crippen LogP contribution in [-0.2, 0) is 6.61 Å². The summed E-state index contributed by atoms with van der Waals surface area (Å²) in [6.07, 6.45) is 4.17. The maximum absolute atomic E-state index is 14.5. The van der Waals surface area contributed by atoms with Crippen LogP contribution < -0.4 is 25.7 Å². The number of methoxy groups -OCH3 is 2. The molecule has 0 radical (unpaired) electrons. The van der Waals surface area contributed by atoms with Crippen LogP contribution in [0.15, 0.2) is 35.2 Å². The molecule has 11 nitrogen and oxygen atoms in total. The lowest BCUT2D eigenvalue weighted by Gasteiger charge is -2.34. The minimum atomic E-state index is -0.887. The second-order valence-electron chi connectivity index (χ2n) is 7.99. The van der Waals surface area contributed by atoms with Crippen LogP contribution in [0.4, 0.5) is 14.7 Å². The van der Waals surface area contributed by atoms with E-state index in [-0.39, 0.29) is 41.2 Å². The highest BCUT2D eigenvalue weighted by Crippen LogP contribution is 2.32. The standard InChI is InChI=1S/C23H31F2N7O4/c1-34-18-10-19(35-2)22(25)17(21(18)24)14-36-16-11-28-23(29-12-16)30-20(27)9-15(26)13-32-5-3-31(4-6-32)7-8-33/h9-12,33H,3-8,13-14,26H2,1-2H3,(H2,27,28,29,30). The molecule has 13 heteroatoms. The summed E-state index contributed by atoms with van der Waals surface area (Å²) >= 11 is 0. The molecule has 2 heterocycles. The Hall–Kier alpha value is -3.55. The Balaban J connectivity index is 1.57. The lowest BCUT2D eigenvalue weighted by molar-refractivity contribution is 0.118. The average molecular weight is 508 g/mol. The van der Waals surface area contributed by atoms with Crippen LogP contribution in [0.5, 0.6) is 17.2 Å². The van der Waals surface area contributed by atoms with E-state index in [2.05, 4.69) is 24.8 Å². The third-order valence-electron chi connectivity index (χ3n) is 5.51. The first kappa shape index (κ1) is 27.0. The Bertz CT molecular complexity index is 1050. The van der Waals surface area contributed by atoms with E-state index in [1.807, 2.05) is 0 Å². The van der Waals surface area contributed by atoms with E-state index in [0.717, 1.165) is 32.2 Å². The quantitative estimate of drug-likeness (QED) is 0.295. The van der Waals surface area contributed by atoms with Gasteiger partial charge in [0, 0.05) is 57.1 Å². The maximum Gasteiger partial charge on any atom is 0.251 e. The number of rotatable bonds is 11. The Labute approximate surface area is 208 Å². The van der Waals surface area contributed by atoms with Crippen molar-refractivity contribution in [2.45, 2.75) is 6.61 Å². The van der Waals surface area contributed by atoms with Crippen molar-refractivity contribution in [3.63, 3.8) is 0 Å². The van der Waals surface area contributed by atoms with E-state index < -0.39 is 18.2 Å². The van der Waals surface area contributed by atoms with E-state index in [1.165, 1.54) is 26.6 Å². The number of benzene rings is 1. The zero-order valence-corrected chi connectivity index (χ0v) is 20.3. The maximum atomic E-state index is 14.5. The molecule has 3 rings (SSSR count). The van der Waals surface area contributed by atoms with Crippen molar-refractivity contribution < 1.29 is 28.1 Å². The first-order valence-electron chi connectivity index (χ1n) is 11.2. The largest absolute Gasteiger partial charge is 0.494 e. The summed E-state index contributed by atoms with van der Waals surface area (Å²) in [5.41, 5.74) is 12.2. The zero-order valence-electron chi connectivity index (χ0n) is 20.3. The number of hydrogen-bond acceptors (Lipinski definition) is 10. The molecule has 1 aliphatic heterocycles. The van der Waals surface area contributed by atoms with Crippen LogP contribution in [0.1, 0.15) is 5.56 Å². The molecule has 36 heavy (non-hydrogen) atoms. The fourth-order valence-electron chi connectivity index (χ4n) is 3.61. The summed E-state index contributed by atoms with van der Waals surface area (Å²) in [4.78, 5) is 16.6. The third-order valence-corrected chi connectivity index (χ3v) is 5.51. The SMILES string of the molecule is COc1cc(OC)c(F)c(COc2cnc(N=C(N)C=C(N)CN3CCN(CCO)CC3)nc2)c1F. The number of hydrogen-bond donors (Lipinski definition) is 3. The molecule has 1 aliphatic rings. The minimum absolute atomic E-state index is 0.0712. The molecule has 0 bridgehead atoms. The van der Waals surface area contributed by atoms with Crippen LogP contribution >= 0.6 is 0 Å². The van der Waals surface area contributed by atoms with E-state index >= 15 is 0 Å². The van der Waals surface area contributed by atoms with Crippen LogP contribution in [-0.4, -0.2) is 90.8 Å². The smallest absolute Gasteiger partial charge is 0.251 e. The predicted octanol–water partition coefficient (Wildman–Crippen LogP) is 0.792. The first-order chi connectivity index (χ1) is 17.3. The van der Waals surface area contributed by atoms with Gasteiger partial charge in [-0.25, -0.2) is 18.7 Å². The Morgan fingerprint density at radius 3 is 2.19 bits per heavy atom.